The Morgan fingerprint density at radius 2 is 1.50 bits per heavy atom. The fraction of sp³-hybridized carbons (Fsp3) is 0.364. The van der Waals surface area contributed by atoms with Crippen molar-refractivity contribution in [3.05, 3.63) is 65.2 Å². The molecule has 2 aromatic rings. The highest BCUT2D eigenvalue weighted by molar-refractivity contribution is 5.95. The van der Waals surface area contributed by atoms with Gasteiger partial charge in [-0.2, -0.15) is 0 Å². The number of nitrogens with one attached hydrogen (secondary N) is 1. The number of amides is 1. The van der Waals surface area contributed by atoms with Crippen LogP contribution in [0, 0.1) is 0 Å². The first-order valence-corrected chi connectivity index (χ1v) is 9.06. The van der Waals surface area contributed by atoms with Crippen molar-refractivity contribution in [3.63, 3.8) is 0 Å². The van der Waals surface area contributed by atoms with Crippen molar-refractivity contribution < 1.29 is 14.3 Å². The Balaban J connectivity index is 1.85. The van der Waals surface area contributed by atoms with Gasteiger partial charge in [-0.25, -0.2) is 0 Å². The molecule has 0 unspecified atom stereocenters. The van der Waals surface area contributed by atoms with Gasteiger partial charge in [-0.05, 0) is 48.2 Å². The highest BCUT2D eigenvalue weighted by atomic mass is 16.5. The molecule has 0 aliphatic rings. The second-order valence-electron chi connectivity index (χ2n) is 6.70. The van der Waals surface area contributed by atoms with Gasteiger partial charge in [0.05, 0.1) is 6.04 Å². The summed E-state index contributed by atoms with van der Waals surface area (Å²) in [7, 11) is 0. The van der Waals surface area contributed by atoms with E-state index in [1.807, 2.05) is 26.0 Å². The number of carbonyl (C=O) groups excluding carboxylic acids is 2. The van der Waals surface area contributed by atoms with E-state index in [0.717, 1.165) is 5.56 Å². The number of hydrogen-bond acceptors (Lipinski definition) is 3. The number of hydrogen-bond donors (Lipinski definition) is 1. The lowest BCUT2D eigenvalue weighted by Gasteiger charge is -2.16. The van der Waals surface area contributed by atoms with Crippen LogP contribution in [0.4, 0.5) is 0 Å². The van der Waals surface area contributed by atoms with Gasteiger partial charge in [0.2, 0.25) is 0 Å². The van der Waals surface area contributed by atoms with Crippen LogP contribution in [-0.4, -0.2) is 18.3 Å². The van der Waals surface area contributed by atoms with E-state index in [2.05, 4.69) is 31.3 Å². The highest BCUT2D eigenvalue weighted by Crippen LogP contribution is 2.18. The smallest absolute Gasteiger partial charge is 0.258 e. The average Bonchev–Trinajstić information content (AvgIpc) is 2.66. The molecule has 2 rings (SSSR count). The summed E-state index contributed by atoms with van der Waals surface area (Å²) < 4.78 is 5.50. The monoisotopic (exact) mass is 353 g/mol. The molecule has 0 radical (unpaired) electrons. The summed E-state index contributed by atoms with van der Waals surface area (Å²) >= 11 is 0. The molecule has 0 heterocycles. The van der Waals surface area contributed by atoms with Gasteiger partial charge in [-0.3, -0.25) is 9.59 Å². The van der Waals surface area contributed by atoms with E-state index in [4.69, 9.17) is 4.74 Å². The van der Waals surface area contributed by atoms with E-state index < -0.39 is 0 Å². The van der Waals surface area contributed by atoms with Crippen LogP contribution in [0.25, 0.3) is 0 Å². The second kappa shape index (κ2) is 9.18. The molecule has 4 heteroatoms. The van der Waals surface area contributed by atoms with Crippen molar-refractivity contribution in [2.45, 2.75) is 46.1 Å². The molecule has 0 spiro atoms. The van der Waals surface area contributed by atoms with Crippen LogP contribution >= 0.6 is 0 Å². The van der Waals surface area contributed by atoms with Crippen LogP contribution in [0.5, 0.6) is 5.75 Å². The van der Waals surface area contributed by atoms with Crippen molar-refractivity contribution in [1.82, 2.24) is 5.32 Å². The van der Waals surface area contributed by atoms with Crippen LogP contribution in [0.1, 0.15) is 67.6 Å². The molecule has 0 aromatic heterocycles. The summed E-state index contributed by atoms with van der Waals surface area (Å²) in [5, 5.41) is 2.94. The van der Waals surface area contributed by atoms with Gasteiger partial charge in [-0.15, -0.1) is 0 Å². The molecule has 2 aromatic carbocycles. The van der Waals surface area contributed by atoms with Crippen LogP contribution in [-0.2, 0) is 4.79 Å². The van der Waals surface area contributed by atoms with Gasteiger partial charge in [0.1, 0.15) is 5.75 Å². The third kappa shape index (κ3) is 5.45. The number of Topliss-reactive ketones (excluding diaryl/α,β-unsaturated/α-hetero) is 1. The first kappa shape index (κ1) is 19.7. The maximum Gasteiger partial charge on any atom is 0.258 e. The van der Waals surface area contributed by atoms with Crippen molar-refractivity contribution >= 4 is 11.7 Å². The molecule has 4 nitrogen and oxygen atoms in total. The van der Waals surface area contributed by atoms with Crippen molar-refractivity contribution in [2.24, 2.45) is 0 Å². The lowest BCUT2D eigenvalue weighted by molar-refractivity contribution is -0.123. The summed E-state index contributed by atoms with van der Waals surface area (Å²) in [6.45, 7) is 8.03. The molecule has 1 atom stereocenters. The minimum Gasteiger partial charge on any atom is -0.484 e. The zero-order chi connectivity index (χ0) is 19.1. The van der Waals surface area contributed by atoms with E-state index in [1.165, 1.54) is 5.56 Å². The number of carbonyl (C=O) groups is 2. The van der Waals surface area contributed by atoms with Crippen LogP contribution < -0.4 is 10.1 Å². The van der Waals surface area contributed by atoms with Gasteiger partial charge < -0.3 is 10.1 Å². The predicted octanol–water partition coefficient (Wildman–Crippen LogP) is 4.66. The Morgan fingerprint density at radius 1 is 0.923 bits per heavy atom. The molecule has 26 heavy (non-hydrogen) atoms. The van der Waals surface area contributed by atoms with E-state index in [9.17, 15) is 9.59 Å². The summed E-state index contributed by atoms with van der Waals surface area (Å²) in [6, 6.07) is 15.1. The standard InChI is InChI=1S/C22H27NO3/c1-5-21(24)19-10-12-20(13-11-19)26-14-22(25)23-16(4)18-8-6-17(7-9-18)15(2)3/h6-13,15-16H,5,14H2,1-4H3,(H,23,25)/t16-/m1/s1. The lowest BCUT2D eigenvalue weighted by atomic mass is 9.99. The Bertz CT molecular complexity index is 733. The zero-order valence-electron chi connectivity index (χ0n) is 15.9. The molecule has 138 valence electrons. The topological polar surface area (TPSA) is 55.4 Å². The molecular weight excluding hydrogens is 326 g/mol. The molecule has 1 N–H and O–H groups in total. The molecular formula is C22H27NO3. The summed E-state index contributed by atoms with van der Waals surface area (Å²) in [5.41, 5.74) is 2.99. The maximum atomic E-state index is 12.1. The van der Waals surface area contributed by atoms with Gasteiger partial charge >= 0.3 is 0 Å². The van der Waals surface area contributed by atoms with Crippen molar-refractivity contribution in [2.75, 3.05) is 6.61 Å². The van der Waals surface area contributed by atoms with Gasteiger partial charge in [0.15, 0.2) is 12.4 Å². The Labute approximate surface area is 155 Å². The first-order chi connectivity index (χ1) is 12.4. The average molecular weight is 353 g/mol. The molecule has 0 saturated heterocycles. The molecule has 0 bridgehead atoms. The third-order valence-corrected chi connectivity index (χ3v) is 4.35. The minimum atomic E-state index is -0.181. The lowest BCUT2D eigenvalue weighted by Crippen LogP contribution is -2.31. The zero-order valence-corrected chi connectivity index (χ0v) is 15.9. The summed E-state index contributed by atoms with van der Waals surface area (Å²) in [6.07, 6.45) is 0.471. The molecule has 1 amide bonds. The first-order valence-electron chi connectivity index (χ1n) is 9.06. The Kier molecular flexibility index (Phi) is 6.96. The van der Waals surface area contributed by atoms with Gasteiger partial charge in [-0.1, -0.05) is 45.0 Å². The van der Waals surface area contributed by atoms with Crippen LogP contribution in [0.15, 0.2) is 48.5 Å². The number of benzene rings is 2. The van der Waals surface area contributed by atoms with Crippen molar-refractivity contribution in [3.8, 4) is 5.75 Å². The SMILES string of the molecule is CCC(=O)c1ccc(OCC(=O)N[C@H](C)c2ccc(C(C)C)cc2)cc1. The van der Waals surface area contributed by atoms with Gasteiger partial charge in [0, 0.05) is 12.0 Å². The number of ether oxygens (including phenoxy) is 1. The third-order valence-electron chi connectivity index (χ3n) is 4.35. The number of ketones is 1. The van der Waals surface area contributed by atoms with E-state index in [0.29, 0.717) is 23.7 Å². The van der Waals surface area contributed by atoms with E-state index >= 15 is 0 Å². The van der Waals surface area contributed by atoms with Crippen molar-refractivity contribution in [1.29, 1.82) is 0 Å². The summed E-state index contributed by atoms with van der Waals surface area (Å²) in [4.78, 5) is 23.7. The molecule has 0 aliphatic heterocycles. The molecule has 0 saturated carbocycles. The fourth-order valence-electron chi connectivity index (χ4n) is 2.63. The molecule has 0 fully saturated rings. The van der Waals surface area contributed by atoms with Crippen LogP contribution in [0.2, 0.25) is 0 Å². The normalized spacial score (nSPS) is 11.9. The fourth-order valence-corrected chi connectivity index (χ4v) is 2.63. The number of rotatable bonds is 8. The second-order valence-corrected chi connectivity index (χ2v) is 6.70. The summed E-state index contributed by atoms with van der Waals surface area (Å²) in [5.74, 6) is 0.967. The van der Waals surface area contributed by atoms with E-state index in [-0.39, 0.29) is 24.3 Å². The van der Waals surface area contributed by atoms with Gasteiger partial charge in [0.25, 0.3) is 5.91 Å². The maximum absolute atomic E-state index is 12.1. The van der Waals surface area contributed by atoms with E-state index in [1.54, 1.807) is 24.3 Å². The minimum absolute atomic E-state index is 0.0600. The predicted molar refractivity (Wildman–Crippen MR) is 104 cm³/mol. The van der Waals surface area contributed by atoms with Crippen LogP contribution in [0.3, 0.4) is 0 Å². The highest BCUT2D eigenvalue weighted by Gasteiger charge is 2.11. The Hall–Kier alpha value is -2.62. The quantitative estimate of drug-likeness (QED) is 0.702. The Morgan fingerprint density at radius 3 is 2.04 bits per heavy atom. The molecule has 0 aliphatic carbocycles. The largest absolute Gasteiger partial charge is 0.484 e.